The number of hydrogen-bond acceptors (Lipinski definition) is 7. The molecule has 8 heteroatoms. The Kier molecular flexibility index (Phi) is 5.02. The molecule has 132 valence electrons. The first-order chi connectivity index (χ1) is 12.5. The number of Topliss-reactive ketones (excluding diaryl/α,β-unsaturated/α-hetero) is 1. The van der Waals surface area contributed by atoms with Gasteiger partial charge in [0.1, 0.15) is 11.3 Å². The number of hydrogen-bond donors (Lipinski definition) is 0. The smallest absolute Gasteiger partial charge is 0.345 e. The monoisotopic (exact) mass is 353 g/mol. The van der Waals surface area contributed by atoms with E-state index < -0.39 is 11.5 Å². The van der Waals surface area contributed by atoms with Crippen LogP contribution in [-0.4, -0.2) is 33.4 Å². The van der Waals surface area contributed by atoms with Gasteiger partial charge in [-0.15, -0.1) is 5.10 Å². The summed E-state index contributed by atoms with van der Waals surface area (Å²) in [6.07, 6.45) is 0. The fourth-order valence-corrected chi connectivity index (χ4v) is 2.23. The molecule has 0 spiro atoms. The summed E-state index contributed by atoms with van der Waals surface area (Å²) in [6.45, 7) is 0.708. The van der Waals surface area contributed by atoms with Crippen molar-refractivity contribution in [1.29, 1.82) is 0 Å². The molecule has 0 atom stereocenters. The minimum atomic E-state index is -0.680. The van der Waals surface area contributed by atoms with Crippen LogP contribution in [-0.2, 0) is 16.3 Å². The van der Waals surface area contributed by atoms with Crippen LogP contribution in [0.15, 0.2) is 53.3 Å². The molecule has 3 rings (SSSR count). The van der Waals surface area contributed by atoms with Gasteiger partial charge < -0.3 is 9.47 Å². The molecular weight excluding hydrogens is 338 g/mol. The summed E-state index contributed by atoms with van der Waals surface area (Å²) in [6, 6.07) is 13.2. The fraction of sp³-hybridized carbons (Fsp3) is 0.167. The van der Waals surface area contributed by atoms with E-state index in [1.807, 2.05) is 0 Å². The first-order valence-corrected chi connectivity index (χ1v) is 7.76. The number of ketones is 1. The Morgan fingerprint density at radius 1 is 1.12 bits per heavy atom. The summed E-state index contributed by atoms with van der Waals surface area (Å²) in [7, 11) is 0. The minimum Gasteiger partial charge on any atom is -0.482 e. The third-order valence-electron chi connectivity index (χ3n) is 3.57. The highest BCUT2D eigenvalue weighted by Gasteiger charge is 2.09. The maximum atomic E-state index is 12.2. The lowest BCUT2D eigenvalue weighted by molar-refractivity contribution is -0.150. The Morgan fingerprint density at radius 2 is 1.92 bits per heavy atom. The van der Waals surface area contributed by atoms with Crippen molar-refractivity contribution in [1.82, 2.24) is 15.0 Å². The van der Waals surface area contributed by atoms with E-state index in [2.05, 4.69) is 10.3 Å². The lowest BCUT2D eigenvalue weighted by Gasteiger charge is -2.08. The van der Waals surface area contributed by atoms with Crippen LogP contribution in [0.4, 0.5) is 0 Å². The zero-order valence-electron chi connectivity index (χ0n) is 13.9. The van der Waals surface area contributed by atoms with Gasteiger partial charge in [0.2, 0.25) is 0 Å². The first kappa shape index (κ1) is 17.3. The van der Waals surface area contributed by atoms with Crippen molar-refractivity contribution in [2.75, 3.05) is 6.61 Å². The number of nitrogens with zero attached hydrogens (tertiary/aromatic N) is 3. The van der Waals surface area contributed by atoms with Crippen molar-refractivity contribution in [2.24, 2.45) is 0 Å². The molecule has 0 fully saturated rings. The molecule has 0 N–H and O–H groups in total. The largest absolute Gasteiger partial charge is 0.482 e. The number of benzene rings is 2. The van der Waals surface area contributed by atoms with E-state index in [9.17, 15) is 14.4 Å². The number of ether oxygens (including phenoxy) is 2. The molecule has 1 heterocycles. The normalized spacial score (nSPS) is 10.5. The second kappa shape index (κ2) is 7.56. The standard InChI is InChI=1S/C18H15N3O5/c1-12(22)13-5-4-6-14(9-13)25-10-17(23)26-11-21-18(24)15-7-2-3-8-16(15)19-20-21/h2-9H,10-11H2,1H3. The molecule has 26 heavy (non-hydrogen) atoms. The zero-order valence-corrected chi connectivity index (χ0v) is 13.9. The van der Waals surface area contributed by atoms with Crippen molar-refractivity contribution in [2.45, 2.75) is 13.7 Å². The summed E-state index contributed by atoms with van der Waals surface area (Å²) < 4.78 is 11.2. The molecule has 0 bridgehead atoms. The van der Waals surface area contributed by atoms with E-state index in [0.29, 0.717) is 22.2 Å². The number of carbonyl (C=O) groups is 2. The van der Waals surface area contributed by atoms with E-state index in [-0.39, 0.29) is 19.1 Å². The number of rotatable bonds is 6. The topological polar surface area (TPSA) is 100 Å². The van der Waals surface area contributed by atoms with Crippen molar-refractivity contribution >= 4 is 22.7 Å². The van der Waals surface area contributed by atoms with Gasteiger partial charge in [0.15, 0.2) is 19.1 Å². The first-order valence-electron chi connectivity index (χ1n) is 7.76. The number of esters is 1. The zero-order chi connectivity index (χ0) is 18.5. The highest BCUT2D eigenvalue weighted by Crippen LogP contribution is 2.13. The predicted octanol–water partition coefficient (Wildman–Crippen LogP) is 1.57. The quantitative estimate of drug-likeness (QED) is 0.490. The SMILES string of the molecule is CC(=O)c1cccc(OCC(=O)OCn2nnc3ccccc3c2=O)c1. The lowest BCUT2D eigenvalue weighted by atomic mass is 10.1. The second-order valence-corrected chi connectivity index (χ2v) is 5.43. The van der Waals surface area contributed by atoms with Gasteiger partial charge in [-0.2, -0.15) is 4.68 Å². The highest BCUT2D eigenvalue weighted by atomic mass is 16.6. The van der Waals surface area contributed by atoms with Crippen molar-refractivity contribution in [3.05, 3.63) is 64.4 Å². The van der Waals surface area contributed by atoms with Gasteiger partial charge in [0.05, 0.1) is 5.39 Å². The van der Waals surface area contributed by atoms with E-state index in [4.69, 9.17) is 9.47 Å². The summed E-state index contributed by atoms with van der Waals surface area (Å²) in [5.74, 6) is -0.412. The van der Waals surface area contributed by atoms with Crippen LogP contribution in [0.25, 0.3) is 10.9 Å². The van der Waals surface area contributed by atoms with Crippen LogP contribution < -0.4 is 10.3 Å². The van der Waals surface area contributed by atoms with Gasteiger partial charge >= 0.3 is 5.97 Å². The molecule has 0 unspecified atom stereocenters. The number of carbonyl (C=O) groups excluding carboxylic acids is 2. The molecule has 3 aromatic rings. The molecule has 8 nitrogen and oxygen atoms in total. The van der Waals surface area contributed by atoms with Crippen LogP contribution in [0.2, 0.25) is 0 Å². The van der Waals surface area contributed by atoms with Crippen LogP contribution >= 0.6 is 0 Å². The molecule has 0 saturated heterocycles. The molecule has 0 aliphatic carbocycles. The Balaban J connectivity index is 1.59. The molecule has 0 radical (unpaired) electrons. The number of aromatic nitrogens is 3. The van der Waals surface area contributed by atoms with Crippen molar-refractivity contribution in [3.63, 3.8) is 0 Å². The summed E-state index contributed by atoms with van der Waals surface area (Å²) in [4.78, 5) is 35.4. The fourth-order valence-electron chi connectivity index (χ4n) is 2.23. The molecule has 0 aliphatic rings. The van der Waals surface area contributed by atoms with E-state index >= 15 is 0 Å². The van der Waals surface area contributed by atoms with E-state index in [1.54, 1.807) is 42.5 Å². The Labute approximate surface area is 148 Å². The van der Waals surface area contributed by atoms with Crippen LogP contribution in [0.1, 0.15) is 17.3 Å². The van der Waals surface area contributed by atoms with Crippen LogP contribution in [0, 0.1) is 0 Å². The molecule has 0 saturated carbocycles. The molecule has 0 amide bonds. The van der Waals surface area contributed by atoms with Gasteiger partial charge in [-0.25, -0.2) is 4.79 Å². The number of fused-ring (bicyclic) bond motifs is 1. The van der Waals surface area contributed by atoms with Crippen LogP contribution in [0.5, 0.6) is 5.75 Å². The van der Waals surface area contributed by atoms with Gasteiger partial charge in [0.25, 0.3) is 5.56 Å². The Hall–Kier alpha value is -3.55. The molecule has 2 aromatic carbocycles. The summed E-state index contributed by atoms with van der Waals surface area (Å²) in [5.41, 5.74) is 0.543. The predicted molar refractivity (Wildman–Crippen MR) is 91.8 cm³/mol. The molecular formula is C18H15N3O5. The second-order valence-electron chi connectivity index (χ2n) is 5.43. The summed E-state index contributed by atoms with van der Waals surface area (Å²) >= 11 is 0. The van der Waals surface area contributed by atoms with Gasteiger partial charge in [0, 0.05) is 5.56 Å². The Bertz CT molecular complexity index is 1030. The third-order valence-corrected chi connectivity index (χ3v) is 3.57. The van der Waals surface area contributed by atoms with E-state index in [0.717, 1.165) is 4.68 Å². The average Bonchev–Trinajstić information content (AvgIpc) is 2.66. The maximum absolute atomic E-state index is 12.2. The Morgan fingerprint density at radius 3 is 2.73 bits per heavy atom. The van der Waals surface area contributed by atoms with Crippen molar-refractivity contribution in [3.8, 4) is 5.75 Å². The van der Waals surface area contributed by atoms with Crippen molar-refractivity contribution < 1.29 is 19.1 Å². The van der Waals surface area contributed by atoms with Gasteiger partial charge in [-0.3, -0.25) is 9.59 Å². The summed E-state index contributed by atoms with van der Waals surface area (Å²) in [5, 5.41) is 8.01. The highest BCUT2D eigenvalue weighted by molar-refractivity contribution is 5.94. The third kappa shape index (κ3) is 3.92. The van der Waals surface area contributed by atoms with Gasteiger partial charge in [-0.05, 0) is 31.2 Å². The average molecular weight is 353 g/mol. The van der Waals surface area contributed by atoms with Crippen LogP contribution in [0.3, 0.4) is 0 Å². The molecule has 1 aromatic heterocycles. The maximum Gasteiger partial charge on any atom is 0.345 e. The molecule has 0 aliphatic heterocycles. The minimum absolute atomic E-state index is 0.104. The van der Waals surface area contributed by atoms with Gasteiger partial charge in [-0.1, -0.05) is 29.5 Å². The lowest BCUT2D eigenvalue weighted by Crippen LogP contribution is -2.27. The van der Waals surface area contributed by atoms with E-state index in [1.165, 1.54) is 13.0 Å².